The summed E-state index contributed by atoms with van der Waals surface area (Å²) in [6.07, 6.45) is 5.63. The summed E-state index contributed by atoms with van der Waals surface area (Å²) in [5.74, 6) is 0.936. The van der Waals surface area contributed by atoms with Gasteiger partial charge in [-0.3, -0.25) is 0 Å². The van der Waals surface area contributed by atoms with E-state index in [2.05, 4.69) is 31.0 Å². The van der Waals surface area contributed by atoms with Gasteiger partial charge in [0, 0.05) is 12.6 Å². The van der Waals surface area contributed by atoms with E-state index in [1.807, 2.05) is 0 Å². The fourth-order valence-corrected chi connectivity index (χ4v) is 3.01. The third kappa shape index (κ3) is 2.78. The minimum Gasteiger partial charge on any atom is -0.317 e. The lowest BCUT2D eigenvalue weighted by Crippen LogP contribution is -2.43. The Morgan fingerprint density at radius 2 is 1.94 bits per heavy atom. The molecule has 1 N–H and O–H groups in total. The van der Waals surface area contributed by atoms with Gasteiger partial charge in [-0.2, -0.15) is 0 Å². The van der Waals surface area contributed by atoms with Crippen LogP contribution in [-0.2, 0) is 0 Å². The minimum atomic E-state index is 0.642. The molecule has 1 heterocycles. The lowest BCUT2D eigenvalue weighted by molar-refractivity contribution is 0.124. The Balaban J connectivity index is 1.84. The number of nitrogens with zero attached hydrogens (tertiary/aromatic N) is 1. The third-order valence-electron chi connectivity index (χ3n) is 4.95. The van der Waals surface area contributed by atoms with Crippen LogP contribution in [-0.4, -0.2) is 37.1 Å². The average molecular weight is 224 g/mol. The molecule has 0 spiro atoms. The van der Waals surface area contributed by atoms with Crippen LogP contribution in [0.25, 0.3) is 0 Å². The molecule has 2 fully saturated rings. The number of rotatable bonds is 5. The van der Waals surface area contributed by atoms with Crippen molar-refractivity contribution in [3.8, 4) is 0 Å². The van der Waals surface area contributed by atoms with Crippen LogP contribution in [0.3, 0.4) is 0 Å². The molecule has 1 saturated carbocycles. The van der Waals surface area contributed by atoms with Gasteiger partial charge in [-0.15, -0.1) is 0 Å². The maximum Gasteiger partial charge on any atom is 0.0121 e. The molecule has 1 aliphatic carbocycles. The van der Waals surface area contributed by atoms with E-state index in [-0.39, 0.29) is 0 Å². The molecule has 0 aromatic heterocycles. The summed E-state index contributed by atoms with van der Waals surface area (Å²) < 4.78 is 0. The fourth-order valence-electron chi connectivity index (χ4n) is 3.01. The Hall–Kier alpha value is -0.0800. The largest absolute Gasteiger partial charge is 0.317 e. The number of hydrogen-bond donors (Lipinski definition) is 1. The van der Waals surface area contributed by atoms with Crippen molar-refractivity contribution in [3.63, 3.8) is 0 Å². The zero-order valence-corrected chi connectivity index (χ0v) is 11.3. The third-order valence-corrected chi connectivity index (χ3v) is 4.95. The van der Waals surface area contributed by atoms with Crippen LogP contribution < -0.4 is 5.32 Å². The number of piperidine rings is 1. The maximum absolute atomic E-state index is 3.46. The van der Waals surface area contributed by atoms with Crippen molar-refractivity contribution in [2.75, 3.05) is 26.2 Å². The molecule has 0 bridgehead atoms. The topological polar surface area (TPSA) is 15.3 Å². The molecule has 94 valence electrons. The number of nitrogens with one attached hydrogen (secondary N) is 1. The molecule has 2 nitrogen and oxygen atoms in total. The van der Waals surface area contributed by atoms with E-state index < -0.39 is 0 Å². The summed E-state index contributed by atoms with van der Waals surface area (Å²) >= 11 is 0. The van der Waals surface area contributed by atoms with Crippen LogP contribution in [0.15, 0.2) is 0 Å². The summed E-state index contributed by atoms with van der Waals surface area (Å²) in [7, 11) is 0. The molecule has 2 heteroatoms. The molecule has 2 rings (SSSR count). The summed E-state index contributed by atoms with van der Waals surface area (Å²) in [4.78, 5) is 2.73. The lowest BCUT2D eigenvalue weighted by atomic mass is 9.94. The van der Waals surface area contributed by atoms with E-state index in [9.17, 15) is 0 Å². The van der Waals surface area contributed by atoms with E-state index in [4.69, 9.17) is 0 Å². The van der Waals surface area contributed by atoms with Gasteiger partial charge in [-0.1, -0.05) is 13.8 Å². The first-order valence-corrected chi connectivity index (χ1v) is 7.10. The Kier molecular flexibility index (Phi) is 3.91. The van der Waals surface area contributed by atoms with Crippen LogP contribution in [0.4, 0.5) is 0 Å². The molecule has 2 aliphatic rings. The molecule has 0 aromatic rings. The van der Waals surface area contributed by atoms with Crippen LogP contribution >= 0.6 is 0 Å². The second-order valence-electron chi connectivity index (χ2n) is 6.11. The monoisotopic (exact) mass is 224 g/mol. The van der Waals surface area contributed by atoms with Crippen LogP contribution in [0.1, 0.15) is 46.5 Å². The standard InChI is InChI=1S/C14H28N2/c1-4-16(12(2)14(3)7-8-14)11-13-5-9-15-10-6-13/h12-13,15H,4-11H2,1-3H3. The van der Waals surface area contributed by atoms with Gasteiger partial charge in [-0.05, 0) is 63.6 Å². The highest BCUT2D eigenvalue weighted by Crippen LogP contribution is 2.49. The molecular weight excluding hydrogens is 196 g/mol. The summed E-state index contributed by atoms with van der Waals surface area (Å²) in [5.41, 5.74) is 0.642. The molecule has 16 heavy (non-hydrogen) atoms. The predicted molar refractivity (Wildman–Crippen MR) is 69.6 cm³/mol. The highest BCUT2D eigenvalue weighted by atomic mass is 15.2. The first-order chi connectivity index (χ1) is 7.65. The van der Waals surface area contributed by atoms with Crippen molar-refractivity contribution in [3.05, 3.63) is 0 Å². The Labute approximate surface area is 101 Å². The summed E-state index contributed by atoms with van der Waals surface area (Å²) in [6.45, 7) is 12.2. The zero-order chi connectivity index (χ0) is 11.6. The van der Waals surface area contributed by atoms with Gasteiger partial charge < -0.3 is 10.2 Å². The van der Waals surface area contributed by atoms with Crippen molar-refractivity contribution in [1.82, 2.24) is 10.2 Å². The van der Waals surface area contributed by atoms with E-state index >= 15 is 0 Å². The van der Waals surface area contributed by atoms with Crippen molar-refractivity contribution in [2.24, 2.45) is 11.3 Å². The van der Waals surface area contributed by atoms with E-state index in [1.165, 1.54) is 51.9 Å². The highest BCUT2D eigenvalue weighted by Gasteiger charge is 2.44. The van der Waals surface area contributed by atoms with Crippen molar-refractivity contribution in [2.45, 2.75) is 52.5 Å². The Morgan fingerprint density at radius 3 is 2.44 bits per heavy atom. The maximum atomic E-state index is 3.46. The number of hydrogen-bond acceptors (Lipinski definition) is 2. The second kappa shape index (κ2) is 5.05. The fraction of sp³-hybridized carbons (Fsp3) is 1.00. The average Bonchev–Trinajstić information content (AvgIpc) is 3.06. The molecule has 1 atom stereocenters. The predicted octanol–water partition coefficient (Wildman–Crippen LogP) is 2.50. The van der Waals surface area contributed by atoms with Gasteiger partial charge in [0.25, 0.3) is 0 Å². The normalized spacial score (nSPS) is 27.0. The van der Waals surface area contributed by atoms with Gasteiger partial charge in [0.05, 0.1) is 0 Å². The molecule has 1 aliphatic heterocycles. The van der Waals surface area contributed by atoms with E-state index in [0.29, 0.717) is 5.41 Å². The van der Waals surface area contributed by atoms with Gasteiger partial charge >= 0.3 is 0 Å². The van der Waals surface area contributed by atoms with Gasteiger partial charge in [0.15, 0.2) is 0 Å². The van der Waals surface area contributed by atoms with Gasteiger partial charge in [0.1, 0.15) is 0 Å². The molecule has 1 saturated heterocycles. The lowest BCUT2D eigenvalue weighted by Gasteiger charge is -2.36. The molecule has 0 aromatic carbocycles. The minimum absolute atomic E-state index is 0.642. The van der Waals surface area contributed by atoms with Gasteiger partial charge in [-0.25, -0.2) is 0 Å². The molecule has 1 unspecified atom stereocenters. The van der Waals surface area contributed by atoms with Crippen molar-refractivity contribution >= 4 is 0 Å². The zero-order valence-electron chi connectivity index (χ0n) is 11.3. The Bertz CT molecular complexity index is 217. The summed E-state index contributed by atoms with van der Waals surface area (Å²) in [5, 5.41) is 3.46. The first kappa shape index (κ1) is 12.4. The Morgan fingerprint density at radius 1 is 1.31 bits per heavy atom. The van der Waals surface area contributed by atoms with Crippen LogP contribution in [0.5, 0.6) is 0 Å². The van der Waals surface area contributed by atoms with Gasteiger partial charge in [0.2, 0.25) is 0 Å². The molecule has 0 radical (unpaired) electrons. The SMILES string of the molecule is CCN(CC1CCNCC1)C(C)C1(C)CC1. The van der Waals surface area contributed by atoms with Crippen molar-refractivity contribution in [1.29, 1.82) is 0 Å². The summed E-state index contributed by atoms with van der Waals surface area (Å²) in [6, 6.07) is 0.785. The molecule has 0 amide bonds. The van der Waals surface area contributed by atoms with Crippen molar-refractivity contribution < 1.29 is 0 Å². The van der Waals surface area contributed by atoms with Crippen LogP contribution in [0.2, 0.25) is 0 Å². The second-order valence-corrected chi connectivity index (χ2v) is 6.11. The van der Waals surface area contributed by atoms with Crippen LogP contribution in [0, 0.1) is 11.3 Å². The first-order valence-electron chi connectivity index (χ1n) is 7.10. The molecular formula is C14H28N2. The highest BCUT2D eigenvalue weighted by molar-refractivity contribution is 4.97. The quantitative estimate of drug-likeness (QED) is 0.772. The van der Waals surface area contributed by atoms with E-state index in [1.54, 1.807) is 0 Å². The van der Waals surface area contributed by atoms with E-state index in [0.717, 1.165) is 12.0 Å². The smallest absolute Gasteiger partial charge is 0.0121 e.